The molecule has 0 saturated heterocycles. The van der Waals surface area contributed by atoms with E-state index in [0.29, 0.717) is 16.5 Å². The van der Waals surface area contributed by atoms with Crippen molar-refractivity contribution >= 4 is 35.0 Å². The molecule has 0 spiro atoms. The number of nitrogens with one attached hydrogen (secondary N) is 2. The van der Waals surface area contributed by atoms with Gasteiger partial charge in [0, 0.05) is 18.3 Å². The quantitative estimate of drug-likeness (QED) is 0.622. The van der Waals surface area contributed by atoms with Gasteiger partial charge in [-0.3, -0.25) is 14.2 Å². The lowest BCUT2D eigenvalue weighted by Gasteiger charge is -2.13. The second kappa shape index (κ2) is 8.71. The summed E-state index contributed by atoms with van der Waals surface area (Å²) in [4.78, 5) is 23.6. The molecule has 2 amide bonds. The van der Waals surface area contributed by atoms with Crippen LogP contribution in [0.15, 0.2) is 60.0 Å². The average Bonchev–Trinajstić information content (AvgIpc) is 3.11. The minimum atomic E-state index is -0.373. The van der Waals surface area contributed by atoms with Crippen molar-refractivity contribution in [2.24, 2.45) is 0 Å². The number of rotatable bonds is 6. The van der Waals surface area contributed by atoms with Crippen LogP contribution in [0.2, 0.25) is 0 Å². The molecule has 28 heavy (non-hydrogen) atoms. The highest BCUT2D eigenvalue weighted by atomic mass is 32.2. The van der Waals surface area contributed by atoms with Gasteiger partial charge in [-0.1, -0.05) is 30.0 Å². The normalized spacial score (nSPS) is 11.7. The predicted molar refractivity (Wildman–Crippen MR) is 111 cm³/mol. The highest BCUT2D eigenvalue weighted by Crippen LogP contribution is 2.26. The monoisotopic (exact) mass is 395 g/mol. The third-order valence-corrected chi connectivity index (χ3v) is 5.07. The molecule has 0 bridgehead atoms. The molecule has 0 saturated carbocycles. The summed E-state index contributed by atoms with van der Waals surface area (Å²) in [5, 5.41) is 14.0. The van der Waals surface area contributed by atoms with Crippen LogP contribution in [0.4, 0.5) is 11.4 Å². The molecule has 3 aromatic rings. The first-order valence-corrected chi connectivity index (χ1v) is 9.63. The molecule has 2 aromatic carbocycles. The van der Waals surface area contributed by atoms with Gasteiger partial charge in [-0.05, 0) is 49.7 Å². The number of para-hydroxylation sites is 1. The van der Waals surface area contributed by atoms with E-state index in [4.69, 9.17) is 0 Å². The molecule has 0 aliphatic carbocycles. The van der Waals surface area contributed by atoms with Crippen LogP contribution in [-0.2, 0) is 9.59 Å². The third-order valence-electron chi connectivity index (χ3n) is 4.02. The summed E-state index contributed by atoms with van der Waals surface area (Å²) in [5.41, 5.74) is 3.42. The first kappa shape index (κ1) is 19.6. The molecule has 0 radical (unpaired) electrons. The summed E-state index contributed by atoms with van der Waals surface area (Å²) in [5.74, 6) is -0.281. The molecule has 1 atom stereocenters. The van der Waals surface area contributed by atoms with Crippen molar-refractivity contribution in [2.75, 3.05) is 10.6 Å². The third kappa shape index (κ3) is 4.77. The van der Waals surface area contributed by atoms with Crippen LogP contribution in [0, 0.1) is 6.92 Å². The Morgan fingerprint density at radius 3 is 2.32 bits per heavy atom. The van der Waals surface area contributed by atoms with Crippen molar-refractivity contribution in [1.82, 2.24) is 14.8 Å². The summed E-state index contributed by atoms with van der Waals surface area (Å²) in [7, 11) is 0. The molecule has 144 valence electrons. The number of aryl methyl sites for hydroxylation is 1. The standard InChI is InChI=1S/C20H21N5O2S/c1-13-6-4-5-7-18(13)25-12-21-24-20(25)28-14(2)19(27)23-17-10-8-16(9-11-17)22-15(3)26/h4-12,14H,1-3H3,(H,22,26)(H,23,27)/t14-/m1/s1. The van der Waals surface area contributed by atoms with Crippen LogP contribution in [0.25, 0.3) is 5.69 Å². The van der Waals surface area contributed by atoms with E-state index >= 15 is 0 Å². The van der Waals surface area contributed by atoms with E-state index < -0.39 is 0 Å². The average molecular weight is 395 g/mol. The van der Waals surface area contributed by atoms with E-state index in [0.717, 1.165) is 11.3 Å². The topological polar surface area (TPSA) is 88.9 Å². The molecular formula is C20H21N5O2S. The zero-order chi connectivity index (χ0) is 20.1. The summed E-state index contributed by atoms with van der Waals surface area (Å²) in [6.45, 7) is 5.29. The number of anilines is 2. The van der Waals surface area contributed by atoms with E-state index in [1.54, 1.807) is 30.6 Å². The highest BCUT2D eigenvalue weighted by molar-refractivity contribution is 8.00. The number of carbonyl (C=O) groups excluding carboxylic acids is 2. The second-order valence-electron chi connectivity index (χ2n) is 6.28. The summed E-state index contributed by atoms with van der Waals surface area (Å²) in [6, 6.07) is 14.9. The van der Waals surface area contributed by atoms with Gasteiger partial charge in [0.05, 0.1) is 10.9 Å². The fraction of sp³-hybridized carbons (Fsp3) is 0.200. The Labute approximate surface area is 167 Å². The highest BCUT2D eigenvalue weighted by Gasteiger charge is 2.19. The van der Waals surface area contributed by atoms with Gasteiger partial charge < -0.3 is 10.6 Å². The Bertz CT molecular complexity index is 984. The Morgan fingerprint density at radius 1 is 1.04 bits per heavy atom. The van der Waals surface area contributed by atoms with Crippen molar-refractivity contribution in [1.29, 1.82) is 0 Å². The Hall–Kier alpha value is -3.13. The van der Waals surface area contributed by atoms with Crippen LogP contribution >= 0.6 is 11.8 Å². The van der Waals surface area contributed by atoms with Crippen LogP contribution in [0.3, 0.4) is 0 Å². The van der Waals surface area contributed by atoms with Gasteiger partial charge in [-0.2, -0.15) is 0 Å². The number of benzene rings is 2. The van der Waals surface area contributed by atoms with E-state index in [1.165, 1.54) is 18.7 Å². The minimum absolute atomic E-state index is 0.139. The SMILES string of the molecule is CC(=O)Nc1ccc(NC(=O)[C@@H](C)Sc2nncn2-c2ccccc2C)cc1. The van der Waals surface area contributed by atoms with Crippen molar-refractivity contribution in [3.8, 4) is 5.69 Å². The number of nitrogens with zero attached hydrogens (tertiary/aromatic N) is 3. The number of aromatic nitrogens is 3. The lowest BCUT2D eigenvalue weighted by atomic mass is 10.2. The summed E-state index contributed by atoms with van der Waals surface area (Å²) in [6.07, 6.45) is 1.65. The Balaban J connectivity index is 1.66. The van der Waals surface area contributed by atoms with Gasteiger partial charge in [-0.25, -0.2) is 0 Å². The fourth-order valence-electron chi connectivity index (χ4n) is 2.60. The maximum absolute atomic E-state index is 12.6. The lowest BCUT2D eigenvalue weighted by molar-refractivity contribution is -0.115. The van der Waals surface area contributed by atoms with E-state index in [2.05, 4.69) is 20.8 Å². The van der Waals surface area contributed by atoms with Crippen molar-refractivity contribution in [3.05, 3.63) is 60.4 Å². The maximum Gasteiger partial charge on any atom is 0.237 e. The number of thioether (sulfide) groups is 1. The molecule has 1 heterocycles. The zero-order valence-corrected chi connectivity index (χ0v) is 16.7. The predicted octanol–water partition coefficient (Wildman–Crippen LogP) is 3.65. The van der Waals surface area contributed by atoms with Crippen molar-refractivity contribution in [3.63, 3.8) is 0 Å². The van der Waals surface area contributed by atoms with E-state index in [-0.39, 0.29) is 17.1 Å². The van der Waals surface area contributed by atoms with E-state index in [1.807, 2.05) is 42.7 Å². The van der Waals surface area contributed by atoms with Crippen LogP contribution in [0.1, 0.15) is 19.4 Å². The molecule has 0 fully saturated rings. The van der Waals surface area contributed by atoms with E-state index in [9.17, 15) is 9.59 Å². The first-order valence-electron chi connectivity index (χ1n) is 8.75. The lowest BCUT2D eigenvalue weighted by Crippen LogP contribution is -2.22. The number of hydrogen-bond donors (Lipinski definition) is 2. The van der Waals surface area contributed by atoms with Crippen molar-refractivity contribution < 1.29 is 9.59 Å². The summed E-state index contributed by atoms with van der Waals surface area (Å²) >= 11 is 1.34. The molecule has 0 unspecified atom stereocenters. The van der Waals surface area contributed by atoms with Crippen LogP contribution < -0.4 is 10.6 Å². The molecule has 0 aliphatic heterocycles. The van der Waals surface area contributed by atoms with Gasteiger partial charge in [0.1, 0.15) is 6.33 Å². The van der Waals surface area contributed by atoms with Gasteiger partial charge in [0.15, 0.2) is 5.16 Å². The number of carbonyl (C=O) groups is 2. The molecule has 0 aliphatic rings. The minimum Gasteiger partial charge on any atom is -0.326 e. The first-order chi connectivity index (χ1) is 13.4. The van der Waals surface area contributed by atoms with Gasteiger partial charge in [0.2, 0.25) is 11.8 Å². The smallest absolute Gasteiger partial charge is 0.237 e. The largest absolute Gasteiger partial charge is 0.326 e. The molecule has 8 heteroatoms. The molecule has 7 nitrogen and oxygen atoms in total. The molecular weight excluding hydrogens is 374 g/mol. The Morgan fingerprint density at radius 2 is 1.68 bits per heavy atom. The number of amides is 2. The Kier molecular flexibility index (Phi) is 6.10. The molecule has 3 rings (SSSR count). The zero-order valence-electron chi connectivity index (χ0n) is 15.8. The van der Waals surface area contributed by atoms with Crippen molar-refractivity contribution in [2.45, 2.75) is 31.2 Å². The number of hydrogen-bond acceptors (Lipinski definition) is 5. The van der Waals surface area contributed by atoms with Crippen LogP contribution in [0.5, 0.6) is 0 Å². The summed E-state index contributed by atoms with van der Waals surface area (Å²) < 4.78 is 1.88. The second-order valence-corrected chi connectivity index (χ2v) is 7.59. The van der Waals surface area contributed by atoms with Gasteiger partial charge >= 0.3 is 0 Å². The molecule has 1 aromatic heterocycles. The fourth-order valence-corrected chi connectivity index (χ4v) is 3.43. The maximum atomic E-state index is 12.6. The van der Waals surface area contributed by atoms with Gasteiger partial charge in [-0.15, -0.1) is 10.2 Å². The van der Waals surface area contributed by atoms with Gasteiger partial charge in [0.25, 0.3) is 0 Å². The molecule has 2 N–H and O–H groups in total. The van der Waals surface area contributed by atoms with Crippen LogP contribution in [-0.4, -0.2) is 31.8 Å².